The standard InChI is InChI=1S/C12H26N2O3/c1-4-5-11(13)10-12(15)14(6-8-16-2)7-9-17-3/h11H,4-10,13H2,1-3H3. The fourth-order valence-electron chi connectivity index (χ4n) is 1.59. The Morgan fingerprint density at radius 2 is 1.76 bits per heavy atom. The third-order valence-corrected chi connectivity index (χ3v) is 2.58. The van der Waals surface area contributed by atoms with Gasteiger partial charge in [-0.2, -0.15) is 0 Å². The van der Waals surface area contributed by atoms with Crippen LogP contribution in [0.15, 0.2) is 0 Å². The normalized spacial score (nSPS) is 12.5. The summed E-state index contributed by atoms with van der Waals surface area (Å²) in [5.74, 6) is 0.0834. The molecule has 0 saturated carbocycles. The largest absolute Gasteiger partial charge is 0.383 e. The topological polar surface area (TPSA) is 64.8 Å². The molecule has 2 N–H and O–H groups in total. The highest BCUT2D eigenvalue weighted by Gasteiger charge is 2.16. The van der Waals surface area contributed by atoms with Crippen LogP contribution in [0.25, 0.3) is 0 Å². The second-order valence-electron chi connectivity index (χ2n) is 4.12. The van der Waals surface area contributed by atoms with E-state index in [1.165, 1.54) is 0 Å². The van der Waals surface area contributed by atoms with Crippen molar-refractivity contribution in [3.05, 3.63) is 0 Å². The van der Waals surface area contributed by atoms with Gasteiger partial charge in [0.05, 0.1) is 13.2 Å². The van der Waals surface area contributed by atoms with Crippen LogP contribution < -0.4 is 5.73 Å². The fraction of sp³-hybridized carbons (Fsp3) is 0.917. The van der Waals surface area contributed by atoms with E-state index in [1.807, 2.05) is 0 Å². The summed E-state index contributed by atoms with van der Waals surface area (Å²) in [4.78, 5) is 13.7. The summed E-state index contributed by atoms with van der Waals surface area (Å²) in [5, 5.41) is 0. The summed E-state index contributed by atoms with van der Waals surface area (Å²) >= 11 is 0. The molecule has 1 amide bonds. The number of hydrogen-bond acceptors (Lipinski definition) is 4. The number of amides is 1. The molecule has 0 aliphatic heterocycles. The predicted molar refractivity (Wildman–Crippen MR) is 67.8 cm³/mol. The van der Waals surface area contributed by atoms with Crippen molar-refractivity contribution in [2.45, 2.75) is 32.2 Å². The molecule has 0 radical (unpaired) electrons. The minimum Gasteiger partial charge on any atom is -0.383 e. The van der Waals surface area contributed by atoms with Crippen molar-refractivity contribution < 1.29 is 14.3 Å². The van der Waals surface area contributed by atoms with E-state index < -0.39 is 0 Å². The van der Waals surface area contributed by atoms with Crippen molar-refractivity contribution in [3.63, 3.8) is 0 Å². The molecule has 0 aliphatic rings. The molecule has 0 aromatic carbocycles. The van der Waals surface area contributed by atoms with Crippen LogP contribution in [0, 0.1) is 0 Å². The molecule has 0 bridgehead atoms. The molecule has 5 heteroatoms. The van der Waals surface area contributed by atoms with Gasteiger partial charge in [0.25, 0.3) is 0 Å². The molecule has 5 nitrogen and oxygen atoms in total. The number of carbonyl (C=O) groups is 1. The number of rotatable bonds is 10. The Hall–Kier alpha value is -0.650. The first kappa shape index (κ1) is 16.4. The lowest BCUT2D eigenvalue weighted by Gasteiger charge is -2.23. The molecule has 0 aromatic heterocycles. The van der Waals surface area contributed by atoms with Crippen LogP contribution in [-0.4, -0.2) is 57.4 Å². The first-order valence-corrected chi connectivity index (χ1v) is 6.16. The summed E-state index contributed by atoms with van der Waals surface area (Å²) in [6.45, 7) is 4.34. The third kappa shape index (κ3) is 8.12. The summed E-state index contributed by atoms with van der Waals surface area (Å²) < 4.78 is 9.98. The molecule has 0 saturated heterocycles. The SMILES string of the molecule is CCCC(N)CC(=O)N(CCOC)CCOC. The van der Waals surface area contributed by atoms with E-state index in [9.17, 15) is 4.79 Å². The lowest BCUT2D eigenvalue weighted by atomic mass is 10.1. The molecule has 0 spiro atoms. The van der Waals surface area contributed by atoms with E-state index in [2.05, 4.69) is 6.92 Å². The highest BCUT2D eigenvalue weighted by Crippen LogP contribution is 2.03. The smallest absolute Gasteiger partial charge is 0.224 e. The molecule has 102 valence electrons. The highest BCUT2D eigenvalue weighted by molar-refractivity contribution is 5.76. The van der Waals surface area contributed by atoms with Crippen LogP contribution in [0.2, 0.25) is 0 Å². The average molecular weight is 246 g/mol. The lowest BCUT2D eigenvalue weighted by Crippen LogP contribution is -2.39. The summed E-state index contributed by atoms with van der Waals surface area (Å²) in [6, 6.07) is -0.0416. The van der Waals surface area contributed by atoms with Gasteiger partial charge in [0.1, 0.15) is 0 Å². The highest BCUT2D eigenvalue weighted by atomic mass is 16.5. The van der Waals surface area contributed by atoms with Gasteiger partial charge >= 0.3 is 0 Å². The van der Waals surface area contributed by atoms with Crippen LogP contribution >= 0.6 is 0 Å². The van der Waals surface area contributed by atoms with E-state index >= 15 is 0 Å². The predicted octanol–water partition coefficient (Wildman–Crippen LogP) is 0.625. The fourth-order valence-corrected chi connectivity index (χ4v) is 1.59. The molecule has 17 heavy (non-hydrogen) atoms. The van der Waals surface area contributed by atoms with Crippen molar-refractivity contribution in [1.82, 2.24) is 4.90 Å². The van der Waals surface area contributed by atoms with Crippen LogP contribution in [0.4, 0.5) is 0 Å². The molecular formula is C12H26N2O3. The zero-order valence-corrected chi connectivity index (χ0v) is 11.3. The maximum atomic E-state index is 12.0. The minimum absolute atomic E-state index is 0.0416. The van der Waals surface area contributed by atoms with Gasteiger partial charge in [-0.05, 0) is 6.42 Å². The first-order chi connectivity index (χ1) is 8.15. The number of nitrogens with zero attached hydrogens (tertiary/aromatic N) is 1. The molecule has 0 heterocycles. The molecule has 0 fully saturated rings. The molecule has 0 rings (SSSR count). The van der Waals surface area contributed by atoms with Crippen molar-refractivity contribution in [3.8, 4) is 0 Å². The van der Waals surface area contributed by atoms with E-state index in [0.29, 0.717) is 32.7 Å². The maximum absolute atomic E-state index is 12.0. The van der Waals surface area contributed by atoms with Crippen molar-refractivity contribution in [1.29, 1.82) is 0 Å². The Kier molecular flexibility index (Phi) is 10.1. The van der Waals surface area contributed by atoms with Gasteiger partial charge in [-0.1, -0.05) is 13.3 Å². The Morgan fingerprint density at radius 1 is 1.24 bits per heavy atom. The number of hydrogen-bond donors (Lipinski definition) is 1. The number of nitrogens with two attached hydrogens (primary N) is 1. The quantitative estimate of drug-likeness (QED) is 0.614. The van der Waals surface area contributed by atoms with E-state index in [4.69, 9.17) is 15.2 Å². The van der Waals surface area contributed by atoms with Crippen LogP contribution in [0.1, 0.15) is 26.2 Å². The maximum Gasteiger partial charge on any atom is 0.224 e. The van der Waals surface area contributed by atoms with Crippen molar-refractivity contribution >= 4 is 5.91 Å². The number of carbonyl (C=O) groups excluding carboxylic acids is 1. The average Bonchev–Trinajstić information content (AvgIpc) is 2.29. The zero-order valence-electron chi connectivity index (χ0n) is 11.3. The van der Waals surface area contributed by atoms with Crippen LogP contribution in [0.3, 0.4) is 0 Å². The number of methoxy groups -OCH3 is 2. The minimum atomic E-state index is -0.0416. The Balaban J connectivity index is 4.10. The van der Waals surface area contributed by atoms with Gasteiger partial charge < -0.3 is 20.1 Å². The second kappa shape index (κ2) is 10.5. The van der Waals surface area contributed by atoms with Gasteiger partial charge in [0, 0.05) is 39.8 Å². The van der Waals surface area contributed by atoms with Gasteiger partial charge in [-0.25, -0.2) is 0 Å². The molecule has 1 atom stereocenters. The van der Waals surface area contributed by atoms with Crippen LogP contribution in [-0.2, 0) is 14.3 Å². The van der Waals surface area contributed by atoms with Gasteiger partial charge in [-0.3, -0.25) is 4.79 Å². The molecule has 1 unspecified atom stereocenters. The Morgan fingerprint density at radius 3 is 2.18 bits per heavy atom. The van der Waals surface area contributed by atoms with Gasteiger partial charge in [0.15, 0.2) is 0 Å². The summed E-state index contributed by atoms with van der Waals surface area (Å²) in [7, 11) is 3.25. The molecule has 0 aromatic rings. The van der Waals surface area contributed by atoms with Crippen molar-refractivity contribution in [2.75, 3.05) is 40.5 Å². The zero-order chi connectivity index (χ0) is 13.1. The van der Waals surface area contributed by atoms with E-state index in [-0.39, 0.29) is 11.9 Å². The van der Waals surface area contributed by atoms with E-state index in [1.54, 1.807) is 19.1 Å². The Labute approximate surface area is 104 Å². The monoisotopic (exact) mass is 246 g/mol. The van der Waals surface area contributed by atoms with Gasteiger partial charge in [-0.15, -0.1) is 0 Å². The van der Waals surface area contributed by atoms with E-state index in [0.717, 1.165) is 12.8 Å². The first-order valence-electron chi connectivity index (χ1n) is 6.16. The summed E-state index contributed by atoms with van der Waals surface area (Å²) in [5.41, 5.74) is 5.87. The lowest BCUT2D eigenvalue weighted by molar-refractivity contribution is -0.132. The van der Waals surface area contributed by atoms with Crippen molar-refractivity contribution in [2.24, 2.45) is 5.73 Å². The third-order valence-electron chi connectivity index (χ3n) is 2.58. The molecular weight excluding hydrogens is 220 g/mol. The van der Waals surface area contributed by atoms with Gasteiger partial charge in [0.2, 0.25) is 5.91 Å². The van der Waals surface area contributed by atoms with Crippen LogP contribution in [0.5, 0.6) is 0 Å². The molecule has 0 aliphatic carbocycles. The second-order valence-corrected chi connectivity index (χ2v) is 4.12. The Bertz CT molecular complexity index is 192. The summed E-state index contributed by atoms with van der Waals surface area (Å²) in [6.07, 6.45) is 2.29. The number of ether oxygens (including phenoxy) is 2.